The maximum atomic E-state index is 13.1. The van der Waals surface area contributed by atoms with Crippen molar-refractivity contribution in [2.75, 3.05) is 25.5 Å². The first-order chi connectivity index (χ1) is 13.1. The highest BCUT2D eigenvalue weighted by Gasteiger charge is 2.29. The Kier molecular flexibility index (Phi) is 6.39. The monoisotopic (exact) mass is 362 g/mol. The molecule has 1 aliphatic rings. The zero-order valence-corrected chi connectivity index (χ0v) is 15.6. The summed E-state index contributed by atoms with van der Waals surface area (Å²) in [6.07, 6.45) is 5.12. The molecule has 1 amide bonds. The number of piperidine rings is 1. The highest BCUT2D eigenvalue weighted by atomic mass is 16.2. The van der Waals surface area contributed by atoms with Crippen molar-refractivity contribution in [3.63, 3.8) is 0 Å². The van der Waals surface area contributed by atoms with Gasteiger partial charge in [-0.3, -0.25) is 15.1 Å². The van der Waals surface area contributed by atoms with Crippen molar-refractivity contribution in [2.24, 2.45) is 0 Å². The lowest BCUT2D eigenvalue weighted by Crippen LogP contribution is -2.48. The van der Waals surface area contributed by atoms with Crippen molar-refractivity contribution < 1.29 is 4.79 Å². The molecule has 0 saturated carbocycles. The maximum absolute atomic E-state index is 13.1. The van der Waals surface area contributed by atoms with Gasteiger partial charge in [0, 0.05) is 23.5 Å². The SMILES string of the molecule is CN1CCC(N(C(=N)/C=C\Nc2ccccc2)C(=O)c2ccccc2)CC1. The molecule has 0 aliphatic carbocycles. The highest BCUT2D eigenvalue weighted by molar-refractivity contribution is 6.09. The third-order valence-electron chi connectivity index (χ3n) is 4.82. The highest BCUT2D eigenvalue weighted by Crippen LogP contribution is 2.19. The van der Waals surface area contributed by atoms with Gasteiger partial charge in [0.1, 0.15) is 5.84 Å². The van der Waals surface area contributed by atoms with Crippen molar-refractivity contribution in [3.8, 4) is 0 Å². The van der Waals surface area contributed by atoms with Crippen LogP contribution in [0.5, 0.6) is 0 Å². The van der Waals surface area contributed by atoms with E-state index in [9.17, 15) is 4.79 Å². The molecule has 2 aromatic carbocycles. The number of amides is 1. The number of benzene rings is 2. The molecule has 1 heterocycles. The van der Waals surface area contributed by atoms with E-state index in [1.807, 2.05) is 60.7 Å². The van der Waals surface area contributed by atoms with Crippen LogP contribution in [0.25, 0.3) is 0 Å². The van der Waals surface area contributed by atoms with E-state index >= 15 is 0 Å². The summed E-state index contributed by atoms with van der Waals surface area (Å²) >= 11 is 0. The number of hydrogen-bond acceptors (Lipinski definition) is 4. The van der Waals surface area contributed by atoms with Gasteiger partial charge in [0.2, 0.25) is 0 Å². The van der Waals surface area contributed by atoms with E-state index in [1.165, 1.54) is 0 Å². The van der Waals surface area contributed by atoms with Gasteiger partial charge in [0.25, 0.3) is 5.91 Å². The Hall–Kier alpha value is -2.92. The summed E-state index contributed by atoms with van der Waals surface area (Å²) in [7, 11) is 2.09. The predicted molar refractivity (Wildman–Crippen MR) is 110 cm³/mol. The Labute approximate surface area is 160 Å². The lowest BCUT2D eigenvalue weighted by atomic mass is 10.0. The molecular formula is C22H26N4O. The lowest BCUT2D eigenvalue weighted by molar-refractivity contribution is 0.0748. The van der Waals surface area contributed by atoms with Crippen LogP contribution in [0.15, 0.2) is 72.9 Å². The molecule has 0 atom stereocenters. The number of nitrogens with one attached hydrogen (secondary N) is 2. The molecule has 3 rings (SSSR count). The largest absolute Gasteiger partial charge is 0.362 e. The first kappa shape index (κ1) is 18.9. The lowest BCUT2D eigenvalue weighted by Gasteiger charge is -2.36. The molecule has 140 valence electrons. The van der Waals surface area contributed by atoms with E-state index in [2.05, 4.69) is 17.3 Å². The second-order valence-electron chi connectivity index (χ2n) is 6.80. The van der Waals surface area contributed by atoms with Gasteiger partial charge in [0.05, 0.1) is 0 Å². The van der Waals surface area contributed by atoms with Crippen LogP contribution in [0, 0.1) is 5.41 Å². The summed E-state index contributed by atoms with van der Waals surface area (Å²) in [6, 6.07) is 19.0. The predicted octanol–water partition coefficient (Wildman–Crippen LogP) is 3.83. The fraction of sp³-hybridized carbons (Fsp3) is 0.273. The molecule has 1 aliphatic heterocycles. The van der Waals surface area contributed by atoms with E-state index in [1.54, 1.807) is 17.2 Å². The van der Waals surface area contributed by atoms with E-state index in [0.717, 1.165) is 31.6 Å². The molecule has 27 heavy (non-hydrogen) atoms. The van der Waals surface area contributed by atoms with E-state index < -0.39 is 0 Å². The van der Waals surface area contributed by atoms with Crippen molar-refractivity contribution in [1.82, 2.24) is 9.80 Å². The third-order valence-corrected chi connectivity index (χ3v) is 4.82. The Morgan fingerprint density at radius 2 is 1.67 bits per heavy atom. The molecule has 0 aromatic heterocycles. The molecule has 2 N–H and O–H groups in total. The summed E-state index contributed by atoms with van der Waals surface area (Å²) in [5.41, 5.74) is 1.56. The van der Waals surface area contributed by atoms with Gasteiger partial charge in [0.15, 0.2) is 0 Å². The minimum absolute atomic E-state index is 0.0442. The van der Waals surface area contributed by atoms with Gasteiger partial charge in [-0.25, -0.2) is 0 Å². The van der Waals surface area contributed by atoms with E-state index in [4.69, 9.17) is 5.41 Å². The van der Waals surface area contributed by atoms with Gasteiger partial charge >= 0.3 is 0 Å². The molecule has 1 saturated heterocycles. The Bertz CT molecular complexity index is 780. The normalized spacial score (nSPS) is 15.6. The van der Waals surface area contributed by atoms with Crippen molar-refractivity contribution in [2.45, 2.75) is 18.9 Å². The molecular weight excluding hydrogens is 336 g/mol. The van der Waals surface area contributed by atoms with Crippen LogP contribution in [0.3, 0.4) is 0 Å². The number of anilines is 1. The Morgan fingerprint density at radius 1 is 1.07 bits per heavy atom. The zero-order chi connectivity index (χ0) is 19.1. The van der Waals surface area contributed by atoms with E-state index in [0.29, 0.717) is 5.56 Å². The van der Waals surface area contributed by atoms with Crippen LogP contribution >= 0.6 is 0 Å². The van der Waals surface area contributed by atoms with Crippen LogP contribution in [-0.4, -0.2) is 47.7 Å². The fourth-order valence-electron chi connectivity index (χ4n) is 3.28. The zero-order valence-electron chi connectivity index (χ0n) is 15.6. The molecule has 1 fully saturated rings. The number of carbonyl (C=O) groups excluding carboxylic acids is 1. The summed E-state index contributed by atoms with van der Waals surface area (Å²) in [4.78, 5) is 17.0. The number of likely N-dealkylation sites (tertiary alicyclic amines) is 1. The summed E-state index contributed by atoms with van der Waals surface area (Å²) < 4.78 is 0. The average molecular weight is 362 g/mol. The second kappa shape index (κ2) is 9.14. The molecule has 0 radical (unpaired) electrons. The third kappa shape index (κ3) is 5.05. The number of amidine groups is 1. The number of nitrogens with zero attached hydrogens (tertiary/aromatic N) is 2. The van der Waals surface area contributed by atoms with Gasteiger partial charge in [-0.05, 0) is 63.3 Å². The Morgan fingerprint density at radius 3 is 2.30 bits per heavy atom. The smallest absolute Gasteiger partial charge is 0.259 e. The minimum Gasteiger partial charge on any atom is -0.362 e. The number of hydrogen-bond donors (Lipinski definition) is 2. The average Bonchev–Trinajstić information content (AvgIpc) is 2.71. The second-order valence-corrected chi connectivity index (χ2v) is 6.80. The first-order valence-corrected chi connectivity index (χ1v) is 9.29. The molecule has 5 heteroatoms. The number of carbonyl (C=O) groups is 1. The van der Waals surface area contributed by atoms with Crippen LogP contribution in [0.1, 0.15) is 23.2 Å². The van der Waals surface area contributed by atoms with Crippen molar-refractivity contribution >= 4 is 17.4 Å². The van der Waals surface area contributed by atoms with Gasteiger partial charge in [-0.15, -0.1) is 0 Å². The van der Waals surface area contributed by atoms with Crippen LogP contribution < -0.4 is 5.32 Å². The van der Waals surface area contributed by atoms with Crippen molar-refractivity contribution in [3.05, 3.63) is 78.5 Å². The fourth-order valence-corrected chi connectivity index (χ4v) is 3.28. The number of rotatable bonds is 5. The topological polar surface area (TPSA) is 59.4 Å². The molecule has 2 aromatic rings. The minimum atomic E-state index is -0.112. The van der Waals surface area contributed by atoms with Crippen LogP contribution in [-0.2, 0) is 0 Å². The number of para-hydroxylation sites is 1. The molecule has 5 nitrogen and oxygen atoms in total. The maximum Gasteiger partial charge on any atom is 0.259 e. The van der Waals surface area contributed by atoms with Crippen molar-refractivity contribution in [1.29, 1.82) is 5.41 Å². The van der Waals surface area contributed by atoms with Gasteiger partial charge in [-0.2, -0.15) is 0 Å². The quantitative estimate of drug-likeness (QED) is 0.628. The summed E-state index contributed by atoms with van der Waals surface area (Å²) in [5, 5.41) is 11.7. The first-order valence-electron chi connectivity index (χ1n) is 9.29. The van der Waals surface area contributed by atoms with Crippen LogP contribution in [0.2, 0.25) is 0 Å². The molecule has 0 spiro atoms. The van der Waals surface area contributed by atoms with Gasteiger partial charge < -0.3 is 10.2 Å². The molecule has 0 bridgehead atoms. The Balaban J connectivity index is 1.76. The molecule has 0 unspecified atom stereocenters. The summed E-state index contributed by atoms with van der Waals surface area (Å²) in [6.45, 7) is 1.87. The summed E-state index contributed by atoms with van der Waals surface area (Å²) in [5.74, 6) is 0.0985. The van der Waals surface area contributed by atoms with Crippen LogP contribution in [0.4, 0.5) is 5.69 Å². The van der Waals surface area contributed by atoms with E-state index in [-0.39, 0.29) is 17.8 Å². The van der Waals surface area contributed by atoms with Gasteiger partial charge in [-0.1, -0.05) is 36.4 Å². The standard InChI is InChI=1S/C22H26N4O/c1-25-16-13-20(14-17-25)26(22(27)18-8-4-2-5-9-18)21(23)12-15-24-19-10-6-3-7-11-19/h2-12,15,20,23-24H,13-14,16-17H2,1H3/b15-12-,23-21?.